The third kappa shape index (κ3) is 2.55. The van der Waals surface area contributed by atoms with E-state index in [0.29, 0.717) is 5.82 Å². The Kier molecular flexibility index (Phi) is 4.31. The fraction of sp³-hybridized carbons (Fsp3) is 0.833. The molecule has 1 aromatic rings. The summed E-state index contributed by atoms with van der Waals surface area (Å²) in [7, 11) is 1.69. The molecule has 0 unspecified atom stereocenters. The monoisotopic (exact) mass is 255 g/mol. The van der Waals surface area contributed by atoms with E-state index in [-0.39, 0.29) is 12.5 Å². The Morgan fingerprint density at radius 2 is 2.06 bits per heavy atom. The molecule has 1 heterocycles. The highest BCUT2D eigenvalue weighted by Crippen LogP contribution is 2.37. The minimum Gasteiger partial charge on any atom is -0.394 e. The van der Waals surface area contributed by atoms with Crippen LogP contribution in [-0.4, -0.2) is 29.0 Å². The van der Waals surface area contributed by atoms with Gasteiger partial charge in [-0.05, 0) is 12.8 Å². The molecule has 18 heavy (non-hydrogen) atoms. The van der Waals surface area contributed by atoms with E-state index in [4.69, 9.17) is 20.1 Å². The predicted octanol–water partition coefficient (Wildman–Crippen LogP) is 1.26. The Balaban J connectivity index is 2.23. The number of aliphatic hydroxyl groups is 1. The molecule has 0 saturated heterocycles. The van der Waals surface area contributed by atoms with E-state index in [1.165, 1.54) is 12.8 Å². The largest absolute Gasteiger partial charge is 0.394 e. The number of rotatable bonds is 4. The lowest BCUT2D eigenvalue weighted by molar-refractivity contribution is -0.0365. The molecule has 1 aliphatic carbocycles. The van der Waals surface area contributed by atoms with Crippen molar-refractivity contribution in [2.24, 2.45) is 5.73 Å². The van der Waals surface area contributed by atoms with Gasteiger partial charge in [-0.2, -0.15) is 4.98 Å². The van der Waals surface area contributed by atoms with Gasteiger partial charge in [-0.15, -0.1) is 0 Å². The summed E-state index contributed by atoms with van der Waals surface area (Å²) in [6, 6.07) is -0.620. The third-order valence-electron chi connectivity index (χ3n) is 3.67. The Labute approximate surface area is 107 Å². The molecule has 0 radical (unpaired) electrons. The number of ether oxygens (including phenoxy) is 1. The summed E-state index contributed by atoms with van der Waals surface area (Å²) >= 11 is 0. The second-order valence-corrected chi connectivity index (χ2v) is 4.86. The molecular weight excluding hydrogens is 234 g/mol. The maximum atomic E-state index is 8.99. The SMILES string of the molecule is COC1(c2noc([C@H](N)CO)n2)CCCCCC1. The van der Waals surface area contributed by atoms with Crippen molar-refractivity contribution in [1.29, 1.82) is 0 Å². The zero-order valence-corrected chi connectivity index (χ0v) is 10.8. The van der Waals surface area contributed by atoms with E-state index in [9.17, 15) is 0 Å². The first kappa shape index (κ1) is 13.5. The highest BCUT2D eigenvalue weighted by Gasteiger charge is 2.37. The van der Waals surface area contributed by atoms with E-state index >= 15 is 0 Å². The molecule has 6 nitrogen and oxygen atoms in total. The van der Waals surface area contributed by atoms with Crippen LogP contribution in [0.3, 0.4) is 0 Å². The predicted molar refractivity (Wildman–Crippen MR) is 64.7 cm³/mol. The third-order valence-corrected chi connectivity index (χ3v) is 3.67. The quantitative estimate of drug-likeness (QED) is 0.786. The van der Waals surface area contributed by atoms with Gasteiger partial charge in [0.2, 0.25) is 11.7 Å². The summed E-state index contributed by atoms with van der Waals surface area (Å²) in [5.74, 6) is 0.832. The average Bonchev–Trinajstić information content (AvgIpc) is 2.78. The number of nitrogens with two attached hydrogens (primary N) is 1. The molecule has 1 fully saturated rings. The molecule has 0 spiro atoms. The van der Waals surface area contributed by atoms with Crippen LogP contribution < -0.4 is 5.73 Å². The second-order valence-electron chi connectivity index (χ2n) is 4.86. The van der Waals surface area contributed by atoms with Crippen LogP contribution in [0.25, 0.3) is 0 Å². The van der Waals surface area contributed by atoms with Gasteiger partial charge in [-0.3, -0.25) is 0 Å². The van der Waals surface area contributed by atoms with Crippen molar-refractivity contribution in [2.75, 3.05) is 13.7 Å². The first-order chi connectivity index (χ1) is 8.72. The van der Waals surface area contributed by atoms with Crippen LogP contribution in [0.15, 0.2) is 4.52 Å². The number of aliphatic hydroxyl groups excluding tert-OH is 1. The number of methoxy groups -OCH3 is 1. The maximum absolute atomic E-state index is 8.99. The lowest BCUT2D eigenvalue weighted by Crippen LogP contribution is -2.29. The van der Waals surface area contributed by atoms with Crippen LogP contribution in [0.4, 0.5) is 0 Å². The van der Waals surface area contributed by atoms with Crippen molar-refractivity contribution < 1.29 is 14.4 Å². The van der Waals surface area contributed by atoms with Crippen LogP contribution in [0.5, 0.6) is 0 Å². The normalized spacial score (nSPS) is 21.5. The standard InChI is InChI=1S/C12H21N3O3/c1-17-12(6-4-2-3-5-7-12)11-14-10(18-15-11)9(13)8-16/h9,16H,2-8,13H2,1H3/t9-/m1/s1. The van der Waals surface area contributed by atoms with Crippen LogP contribution in [0.1, 0.15) is 56.3 Å². The molecule has 0 amide bonds. The Morgan fingerprint density at radius 1 is 1.39 bits per heavy atom. The topological polar surface area (TPSA) is 94.4 Å². The summed E-state index contributed by atoms with van der Waals surface area (Å²) in [5, 5.41) is 13.0. The van der Waals surface area contributed by atoms with Gasteiger partial charge >= 0.3 is 0 Å². The smallest absolute Gasteiger partial charge is 0.246 e. The summed E-state index contributed by atoms with van der Waals surface area (Å²) < 4.78 is 10.8. The second kappa shape index (κ2) is 5.77. The van der Waals surface area contributed by atoms with Gasteiger partial charge in [0.1, 0.15) is 11.6 Å². The minimum absolute atomic E-state index is 0.207. The van der Waals surface area contributed by atoms with E-state index < -0.39 is 11.6 Å². The van der Waals surface area contributed by atoms with Gasteiger partial charge < -0.3 is 20.1 Å². The minimum atomic E-state index is -0.620. The molecule has 2 rings (SSSR count). The van der Waals surface area contributed by atoms with Crippen LogP contribution >= 0.6 is 0 Å². The lowest BCUT2D eigenvalue weighted by atomic mass is 9.93. The summed E-state index contributed by atoms with van der Waals surface area (Å²) in [4.78, 5) is 4.30. The van der Waals surface area contributed by atoms with Gasteiger partial charge in [-0.25, -0.2) is 0 Å². The molecule has 0 aliphatic heterocycles. The zero-order chi connectivity index (χ0) is 13.0. The first-order valence-corrected chi connectivity index (χ1v) is 6.47. The fourth-order valence-electron chi connectivity index (χ4n) is 2.47. The van der Waals surface area contributed by atoms with Gasteiger partial charge in [-0.1, -0.05) is 30.8 Å². The van der Waals surface area contributed by atoms with Crippen molar-refractivity contribution >= 4 is 0 Å². The van der Waals surface area contributed by atoms with Crippen molar-refractivity contribution in [1.82, 2.24) is 10.1 Å². The number of aromatic nitrogens is 2. The molecule has 1 saturated carbocycles. The fourth-order valence-corrected chi connectivity index (χ4v) is 2.47. The molecule has 0 aromatic carbocycles. The highest BCUT2D eigenvalue weighted by molar-refractivity contribution is 5.04. The maximum Gasteiger partial charge on any atom is 0.246 e. The Morgan fingerprint density at radius 3 is 2.61 bits per heavy atom. The number of hydrogen-bond donors (Lipinski definition) is 2. The molecule has 6 heteroatoms. The summed E-state index contributed by atoms with van der Waals surface area (Å²) in [5.41, 5.74) is 5.21. The van der Waals surface area contributed by atoms with Crippen molar-refractivity contribution in [2.45, 2.75) is 50.2 Å². The summed E-state index contributed by atoms with van der Waals surface area (Å²) in [6.45, 7) is -0.207. The van der Waals surface area contributed by atoms with E-state index in [1.807, 2.05) is 0 Å². The molecule has 0 bridgehead atoms. The zero-order valence-electron chi connectivity index (χ0n) is 10.8. The van der Waals surface area contributed by atoms with Gasteiger partial charge in [0.15, 0.2) is 0 Å². The van der Waals surface area contributed by atoms with Crippen molar-refractivity contribution in [3.8, 4) is 0 Å². The van der Waals surface area contributed by atoms with Gasteiger partial charge in [0, 0.05) is 7.11 Å². The van der Waals surface area contributed by atoms with Crippen LogP contribution in [0, 0.1) is 0 Å². The number of nitrogens with zero attached hydrogens (tertiary/aromatic N) is 2. The first-order valence-electron chi connectivity index (χ1n) is 6.47. The number of hydrogen-bond acceptors (Lipinski definition) is 6. The van der Waals surface area contributed by atoms with Crippen molar-refractivity contribution in [3.63, 3.8) is 0 Å². The Bertz CT molecular complexity index is 372. The lowest BCUT2D eigenvalue weighted by Gasteiger charge is -2.27. The summed E-state index contributed by atoms with van der Waals surface area (Å²) in [6.07, 6.45) is 6.43. The van der Waals surface area contributed by atoms with E-state index in [0.717, 1.165) is 25.7 Å². The van der Waals surface area contributed by atoms with Gasteiger partial charge in [0.05, 0.1) is 6.61 Å². The molecule has 1 aliphatic rings. The van der Waals surface area contributed by atoms with Crippen LogP contribution in [-0.2, 0) is 10.3 Å². The van der Waals surface area contributed by atoms with Crippen LogP contribution in [0.2, 0.25) is 0 Å². The molecule has 3 N–H and O–H groups in total. The van der Waals surface area contributed by atoms with E-state index in [2.05, 4.69) is 10.1 Å². The molecule has 1 aromatic heterocycles. The molecule has 1 atom stereocenters. The molecular formula is C12H21N3O3. The average molecular weight is 255 g/mol. The molecule has 102 valence electrons. The van der Waals surface area contributed by atoms with Crippen molar-refractivity contribution in [3.05, 3.63) is 11.7 Å². The van der Waals surface area contributed by atoms with E-state index in [1.54, 1.807) is 7.11 Å². The van der Waals surface area contributed by atoms with Gasteiger partial charge in [0.25, 0.3) is 0 Å². The highest BCUT2D eigenvalue weighted by atomic mass is 16.5. The Hall–Kier alpha value is -0.980.